The van der Waals surface area contributed by atoms with Gasteiger partial charge in [-0.05, 0) is 25.8 Å². The Kier molecular flexibility index (Phi) is 3.78. The summed E-state index contributed by atoms with van der Waals surface area (Å²) in [5.74, 6) is 0. The van der Waals surface area contributed by atoms with Gasteiger partial charge < -0.3 is 9.55 Å². The molecular weight excluding hydrogens is 282 g/mol. The van der Waals surface area contributed by atoms with Gasteiger partial charge in [-0.3, -0.25) is 0 Å². The van der Waals surface area contributed by atoms with E-state index in [1.165, 1.54) is 54.5 Å². The van der Waals surface area contributed by atoms with Gasteiger partial charge in [0.25, 0.3) is 0 Å². The van der Waals surface area contributed by atoms with E-state index in [4.69, 9.17) is 4.98 Å². The number of aromatic amines is 1. The molecule has 1 aliphatic carbocycles. The van der Waals surface area contributed by atoms with E-state index in [1.54, 1.807) is 0 Å². The van der Waals surface area contributed by atoms with Crippen molar-refractivity contribution in [2.75, 3.05) is 0 Å². The molecule has 2 heterocycles. The minimum atomic E-state index is 0.584. The Morgan fingerprint density at radius 2 is 1.78 bits per heavy atom. The van der Waals surface area contributed by atoms with E-state index in [-0.39, 0.29) is 0 Å². The van der Waals surface area contributed by atoms with Crippen LogP contribution in [0.15, 0.2) is 49.1 Å². The van der Waals surface area contributed by atoms with Crippen LogP contribution in [0.5, 0.6) is 0 Å². The number of rotatable bonds is 3. The van der Waals surface area contributed by atoms with Crippen LogP contribution in [0.2, 0.25) is 0 Å². The SMILES string of the molecule is Cc1ccc(-c2ncn(C3CCCCC3)c2-c2cc[nH]c2)cc1. The predicted molar refractivity (Wildman–Crippen MR) is 94.3 cm³/mol. The molecule has 3 heteroatoms. The summed E-state index contributed by atoms with van der Waals surface area (Å²) in [5.41, 5.74) is 6.05. The summed E-state index contributed by atoms with van der Waals surface area (Å²) in [6, 6.07) is 11.4. The van der Waals surface area contributed by atoms with Gasteiger partial charge in [0.05, 0.1) is 17.7 Å². The van der Waals surface area contributed by atoms with Gasteiger partial charge in [0.2, 0.25) is 0 Å². The highest BCUT2D eigenvalue weighted by molar-refractivity contribution is 5.78. The summed E-state index contributed by atoms with van der Waals surface area (Å²) >= 11 is 0. The minimum absolute atomic E-state index is 0.584. The van der Waals surface area contributed by atoms with Crippen molar-refractivity contribution in [1.82, 2.24) is 14.5 Å². The molecule has 0 amide bonds. The van der Waals surface area contributed by atoms with Crippen molar-refractivity contribution in [3.05, 3.63) is 54.6 Å². The summed E-state index contributed by atoms with van der Waals surface area (Å²) in [5, 5.41) is 0. The van der Waals surface area contributed by atoms with Gasteiger partial charge in [0.1, 0.15) is 0 Å². The number of aromatic nitrogens is 3. The molecule has 4 rings (SSSR count). The summed E-state index contributed by atoms with van der Waals surface area (Å²) in [6.07, 6.45) is 12.7. The van der Waals surface area contributed by atoms with Gasteiger partial charge in [-0.15, -0.1) is 0 Å². The highest BCUT2D eigenvalue weighted by atomic mass is 15.1. The first kappa shape index (κ1) is 14.3. The van der Waals surface area contributed by atoms with Crippen LogP contribution in [-0.2, 0) is 0 Å². The second kappa shape index (κ2) is 6.07. The number of hydrogen-bond acceptors (Lipinski definition) is 1. The third-order valence-corrected chi connectivity index (χ3v) is 4.96. The number of imidazole rings is 1. The molecule has 118 valence electrons. The first-order chi connectivity index (χ1) is 11.3. The average Bonchev–Trinajstić information content (AvgIpc) is 3.25. The number of H-pyrrole nitrogens is 1. The maximum absolute atomic E-state index is 4.80. The van der Waals surface area contributed by atoms with E-state index in [1.807, 2.05) is 12.5 Å². The van der Waals surface area contributed by atoms with Crippen molar-refractivity contribution in [3.63, 3.8) is 0 Å². The van der Waals surface area contributed by atoms with Crippen molar-refractivity contribution in [1.29, 1.82) is 0 Å². The normalized spacial score (nSPS) is 15.9. The minimum Gasteiger partial charge on any atom is -0.367 e. The second-order valence-corrected chi connectivity index (χ2v) is 6.61. The van der Waals surface area contributed by atoms with Crippen molar-refractivity contribution in [3.8, 4) is 22.5 Å². The van der Waals surface area contributed by atoms with Crippen molar-refractivity contribution in [2.45, 2.75) is 45.1 Å². The lowest BCUT2D eigenvalue weighted by atomic mass is 9.94. The highest BCUT2D eigenvalue weighted by Gasteiger charge is 2.22. The lowest BCUT2D eigenvalue weighted by Gasteiger charge is -2.25. The zero-order valence-electron chi connectivity index (χ0n) is 13.6. The molecule has 0 atom stereocenters. The Morgan fingerprint density at radius 1 is 1.00 bits per heavy atom. The van der Waals surface area contributed by atoms with E-state index in [2.05, 4.69) is 53.0 Å². The molecule has 1 aliphatic rings. The van der Waals surface area contributed by atoms with Crippen LogP contribution in [0.3, 0.4) is 0 Å². The Morgan fingerprint density at radius 3 is 2.48 bits per heavy atom. The maximum Gasteiger partial charge on any atom is 0.0963 e. The molecule has 1 aromatic carbocycles. The van der Waals surface area contributed by atoms with Crippen LogP contribution >= 0.6 is 0 Å². The Hall–Kier alpha value is -2.29. The van der Waals surface area contributed by atoms with Gasteiger partial charge in [0, 0.05) is 29.6 Å². The summed E-state index contributed by atoms with van der Waals surface area (Å²) in [6.45, 7) is 2.12. The van der Waals surface area contributed by atoms with Crippen molar-refractivity contribution >= 4 is 0 Å². The second-order valence-electron chi connectivity index (χ2n) is 6.61. The average molecular weight is 305 g/mol. The molecule has 3 nitrogen and oxygen atoms in total. The first-order valence-corrected chi connectivity index (χ1v) is 8.60. The lowest BCUT2D eigenvalue weighted by molar-refractivity contribution is 0.355. The van der Waals surface area contributed by atoms with Crippen LogP contribution < -0.4 is 0 Å². The Bertz CT molecular complexity index is 760. The van der Waals surface area contributed by atoms with E-state index in [0.29, 0.717) is 6.04 Å². The predicted octanol–water partition coefficient (Wildman–Crippen LogP) is 5.36. The topological polar surface area (TPSA) is 33.6 Å². The van der Waals surface area contributed by atoms with Crippen molar-refractivity contribution in [2.24, 2.45) is 0 Å². The molecule has 0 saturated heterocycles. The fourth-order valence-electron chi connectivity index (χ4n) is 3.68. The summed E-state index contributed by atoms with van der Waals surface area (Å²) < 4.78 is 2.41. The quantitative estimate of drug-likeness (QED) is 0.694. The van der Waals surface area contributed by atoms with Gasteiger partial charge in [-0.25, -0.2) is 4.98 Å². The Balaban J connectivity index is 1.83. The molecule has 0 spiro atoms. The van der Waals surface area contributed by atoms with E-state index in [9.17, 15) is 0 Å². The molecule has 1 N–H and O–H groups in total. The molecule has 0 aliphatic heterocycles. The smallest absolute Gasteiger partial charge is 0.0963 e. The summed E-state index contributed by atoms with van der Waals surface area (Å²) in [7, 11) is 0. The molecule has 23 heavy (non-hydrogen) atoms. The first-order valence-electron chi connectivity index (χ1n) is 8.60. The molecule has 1 fully saturated rings. The molecule has 0 bridgehead atoms. The number of nitrogens with zero attached hydrogens (tertiary/aromatic N) is 2. The molecule has 1 saturated carbocycles. The fourth-order valence-corrected chi connectivity index (χ4v) is 3.68. The van der Waals surface area contributed by atoms with E-state index >= 15 is 0 Å². The molecule has 0 radical (unpaired) electrons. The van der Waals surface area contributed by atoms with Crippen LogP contribution in [0.4, 0.5) is 0 Å². The van der Waals surface area contributed by atoms with Gasteiger partial charge >= 0.3 is 0 Å². The Labute approximate surface area is 137 Å². The fraction of sp³-hybridized carbons (Fsp3) is 0.350. The molecule has 2 aromatic heterocycles. The van der Waals surface area contributed by atoms with Crippen LogP contribution in [0.1, 0.15) is 43.7 Å². The van der Waals surface area contributed by atoms with E-state index < -0.39 is 0 Å². The summed E-state index contributed by atoms with van der Waals surface area (Å²) in [4.78, 5) is 7.99. The number of hydrogen-bond donors (Lipinski definition) is 1. The number of nitrogens with one attached hydrogen (secondary N) is 1. The zero-order valence-corrected chi connectivity index (χ0v) is 13.6. The van der Waals surface area contributed by atoms with Gasteiger partial charge in [0.15, 0.2) is 0 Å². The number of aryl methyl sites for hydroxylation is 1. The van der Waals surface area contributed by atoms with E-state index in [0.717, 1.165) is 5.69 Å². The standard InChI is InChI=1S/C20H23N3/c1-15-7-9-16(10-8-15)19-20(17-11-12-21-13-17)23(14-22-19)18-5-3-2-4-6-18/h7-14,18,21H,2-6H2,1H3. The monoisotopic (exact) mass is 305 g/mol. The number of benzene rings is 1. The third-order valence-electron chi connectivity index (χ3n) is 4.96. The largest absolute Gasteiger partial charge is 0.367 e. The maximum atomic E-state index is 4.80. The van der Waals surface area contributed by atoms with Crippen LogP contribution in [0.25, 0.3) is 22.5 Å². The molecule has 3 aromatic rings. The lowest BCUT2D eigenvalue weighted by Crippen LogP contribution is -2.13. The van der Waals surface area contributed by atoms with Crippen molar-refractivity contribution < 1.29 is 0 Å². The van der Waals surface area contributed by atoms with Crippen LogP contribution in [-0.4, -0.2) is 14.5 Å². The van der Waals surface area contributed by atoms with Gasteiger partial charge in [-0.2, -0.15) is 0 Å². The molecule has 0 unspecified atom stereocenters. The highest BCUT2D eigenvalue weighted by Crippen LogP contribution is 2.37. The molecular formula is C20H23N3. The zero-order chi connectivity index (χ0) is 15.6. The third kappa shape index (κ3) is 2.72. The van der Waals surface area contributed by atoms with Gasteiger partial charge in [-0.1, -0.05) is 49.1 Å². The van der Waals surface area contributed by atoms with Crippen LogP contribution in [0, 0.1) is 6.92 Å².